The van der Waals surface area contributed by atoms with Gasteiger partial charge in [0.15, 0.2) is 0 Å². The van der Waals surface area contributed by atoms with Crippen molar-refractivity contribution in [3.05, 3.63) is 26.4 Å². The number of carbonyl (C=O) groups excluding carboxylic acids is 1. The lowest BCUT2D eigenvalue weighted by Gasteiger charge is -1.89. The van der Waals surface area contributed by atoms with Crippen LogP contribution in [0.3, 0.4) is 0 Å². The first-order valence-electron chi connectivity index (χ1n) is 2.88. The summed E-state index contributed by atoms with van der Waals surface area (Å²) in [5.74, 6) is -0.604. The summed E-state index contributed by atoms with van der Waals surface area (Å²) in [6.07, 6.45) is 0. The van der Waals surface area contributed by atoms with E-state index in [1.807, 2.05) is 0 Å². The van der Waals surface area contributed by atoms with Crippen molar-refractivity contribution in [2.24, 2.45) is 0 Å². The lowest BCUT2D eigenvalue weighted by Crippen LogP contribution is -1.97. The SMILES string of the molecule is COC(=O)c1[c]c([N+](=O)[O-])cs1. The molecule has 0 spiro atoms. The van der Waals surface area contributed by atoms with Gasteiger partial charge in [-0.3, -0.25) is 10.1 Å². The van der Waals surface area contributed by atoms with Crippen molar-refractivity contribution in [2.45, 2.75) is 0 Å². The molecular formula is C6H4NO4S. The third-order valence-corrected chi connectivity index (χ3v) is 1.94. The topological polar surface area (TPSA) is 69.4 Å². The van der Waals surface area contributed by atoms with Gasteiger partial charge >= 0.3 is 5.97 Å². The standard InChI is InChI=1S/C6H4NO4S/c1-11-6(8)5-2-4(3-12-5)7(9)10/h3H,1H3. The number of esters is 1. The summed E-state index contributed by atoms with van der Waals surface area (Å²) < 4.78 is 4.35. The highest BCUT2D eigenvalue weighted by molar-refractivity contribution is 7.12. The molecule has 1 radical (unpaired) electrons. The Balaban J connectivity index is 2.91. The molecule has 63 valence electrons. The molecule has 0 N–H and O–H groups in total. The molecule has 0 aliphatic rings. The Labute approximate surface area is 71.7 Å². The molecule has 0 atom stereocenters. The average molecular weight is 186 g/mol. The van der Waals surface area contributed by atoms with E-state index in [-0.39, 0.29) is 10.6 Å². The van der Waals surface area contributed by atoms with E-state index in [2.05, 4.69) is 10.8 Å². The summed E-state index contributed by atoms with van der Waals surface area (Å²) in [5, 5.41) is 11.4. The predicted molar refractivity (Wildman–Crippen MR) is 41.1 cm³/mol. The third-order valence-electron chi connectivity index (χ3n) is 1.10. The van der Waals surface area contributed by atoms with Gasteiger partial charge in [-0.15, -0.1) is 11.3 Å². The van der Waals surface area contributed by atoms with Crippen LogP contribution < -0.4 is 0 Å². The van der Waals surface area contributed by atoms with Crippen LogP contribution in [0.15, 0.2) is 5.38 Å². The normalized spacial score (nSPS) is 9.42. The number of methoxy groups -OCH3 is 1. The summed E-state index contributed by atoms with van der Waals surface area (Å²) >= 11 is 0.939. The molecule has 0 aliphatic heterocycles. The van der Waals surface area contributed by atoms with Crippen LogP contribution in [0.2, 0.25) is 0 Å². The van der Waals surface area contributed by atoms with Crippen molar-refractivity contribution in [2.75, 3.05) is 7.11 Å². The molecule has 0 aromatic carbocycles. The van der Waals surface area contributed by atoms with Gasteiger partial charge in [-0.05, 0) is 0 Å². The monoisotopic (exact) mass is 186 g/mol. The zero-order chi connectivity index (χ0) is 9.14. The number of hydrogen-bond donors (Lipinski definition) is 0. The van der Waals surface area contributed by atoms with Gasteiger partial charge in [0.2, 0.25) is 0 Å². The number of rotatable bonds is 2. The van der Waals surface area contributed by atoms with Crippen LogP contribution in [0.1, 0.15) is 9.67 Å². The van der Waals surface area contributed by atoms with E-state index in [9.17, 15) is 14.9 Å². The van der Waals surface area contributed by atoms with Crippen LogP contribution in [0, 0.1) is 16.2 Å². The molecule has 1 heterocycles. The second kappa shape index (κ2) is 3.31. The van der Waals surface area contributed by atoms with E-state index in [0.717, 1.165) is 11.3 Å². The summed E-state index contributed by atoms with van der Waals surface area (Å²) in [6, 6.07) is 2.31. The van der Waals surface area contributed by atoms with Crippen molar-refractivity contribution >= 4 is 23.0 Å². The van der Waals surface area contributed by atoms with Crippen molar-refractivity contribution in [1.29, 1.82) is 0 Å². The summed E-state index contributed by atoms with van der Waals surface area (Å²) in [6.45, 7) is 0. The number of thiophene rings is 1. The van der Waals surface area contributed by atoms with Crippen molar-refractivity contribution in [3.63, 3.8) is 0 Å². The first kappa shape index (κ1) is 8.66. The fourth-order valence-corrected chi connectivity index (χ4v) is 1.29. The fraction of sp³-hybridized carbons (Fsp3) is 0.167. The van der Waals surface area contributed by atoms with Gasteiger partial charge in [0.1, 0.15) is 4.88 Å². The van der Waals surface area contributed by atoms with Crippen molar-refractivity contribution < 1.29 is 14.5 Å². The van der Waals surface area contributed by atoms with Crippen LogP contribution in [-0.4, -0.2) is 18.0 Å². The van der Waals surface area contributed by atoms with Crippen LogP contribution in [0.4, 0.5) is 5.69 Å². The summed E-state index contributed by atoms with van der Waals surface area (Å²) in [4.78, 5) is 20.4. The molecular weight excluding hydrogens is 182 g/mol. The molecule has 0 bridgehead atoms. The molecule has 1 rings (SSSR count). The number of nitro groups is 1. The first-order chi connectivity index (χ1) is 5.65. The smallest absolute Gasteiger partial charge is 0.348 e. The molecule has 0 aliphatic carbocycles. The number of hydrogen-bond acceptors (Lipinski definition) is 5. The number of carbonyl (C=O) groups is 1. The second-order valence-corrected chi connectivity index (χ2v) is 2.70. The number of nitrogens with zero attached hydrogens (tertiary/aromatic N) is 1. The third kappa shape index (κ3) is 1.59. The van der Waals surface area contributed by atoms with E-state index in [1.165, 1.54) is 12.5 Å². The zero-order valence-electron chi connectivity index (χ0n) is 6.07. The molecule has 1 aromatic rings. The van der Waals surface area contributed by atoms with E-state index in [0.29, 0.717) is 0 Å². The van der Waals surface area contributed by atoms with Gasteiger partial charge < -0.3 is 4.74 Å². The van der Waals surface area contributed by atoms with Gasteiger partial charge in [0.25, 0.3) is 5.69 Å². The first-order valence-corrected chi connectivity index (χ1v) is 3.76. The van der Waals surface area contributed by atoms with E-state index in [1.54, 1.807) is 0 Å². The predicted octanol–water partition coefficient (Wildman–Crippen LogP) is 1.24. The molecule has 6 heteroatoms. The lowest BCUT2D eigenvalue weighted by molar-refractivity contribution is -0.384. The van der Waals surface area contributed by atoms with E-state index >= 15 is 0 Å². The van der Waals surface area contributed by atoms with Crippen molar-refractivity contribution in [3.8, 4) is 0 Å². The Bertz CT molecular complexity index is 319. The largest absolute Gasteiger partial charge is 0.465 e. The Kier molecular flexibility index (Phi) is 2.39. The minimum absolute atomic E-state index is 0.115. The molecule has 0 unspecified atom stereocenters. The van der Waals surface area contributed by atoms with Gasteiger partial charge in [0.05, 0.1) is 23.5 Å². The molecule has 5 nitrogen and oxygen atoms in total. The van der Waals surface area contributed by atoms with Gasteiger partial charge in [-0.25, -0.2) is 4.79 Å². The molecule has 12 heavy (non-hydrogen) atoms. The Morgan fingerprint density at radius 1 is 1.83 bits per heavy atom. The molecule has 0 saturated carbocycles. The maximum absolute atomic E-state index is 10.8. The highest BCUT2D eigenvalue weighted by Crippen LogP contribution is 2.20. The zero-order valence-corrected chi connectivity index (χ0v) is 6.88. The second-order valence-electron chi connectivity index (χ2n) is 1.82. The highest BCUT2D eigenvalue weighted by atomic mass is 32.1. The van der Waals surface area contributed by atoms with Crippen LogP contribution in [0.25, 0.3) is 0 Å². The van der Waals surface area contributed by atoms with Crippen LogP contribution in [0.5, 0.6) is 0 Å². The quantitative estimate of drug-likeness (QED) is 0.396. The number of ether oxygens (including phenoxy) is 1. The maximum Gasteiger partial charge on any atom is 0.348 e. The average Bonchev–Trinajstić information content (AvgIpc) is 2.51. The highest BCUT2D eigenvalue weighted by Gasteiger charge is 2.15. The summed E-state index contributed by atoms with van der Waals surface area (Å²) in [5.41, 5.74) is -0.208. The van der Waals surface area contributed by atoms with Crippen LogP contribution in [-0.2, 0) is 4.74 Å². The Morgan fingerprint density at radius 2 is 2.50 bits per heavy atom. The molecule has 1 aromatic heterocycles. The van der Waals surface area contributed by atoms with Gasteiger partial charge in [-0.1, -0.05) is 0 Å². The lowest BCUT2D eigenvalue weighted by atomic mass is 10.4. The minimum Gasteiger partial charge on any atom is -0.465 e. The van der Waals surface area contributed by atoms with E-state index < -0.39 is 10.9 Å². The molecule has 0 fully saturated rings. The Morgan fingerprint density at radius 3 is 2.92 bits per heavy atom. The van der Waals surface area contributed by atoms with Gasteiger partial charge in [-0.2, -0.15) is 0 Å². The van der Waals surface area contributed by atoms with E-state index in [4.69, 9.17) is 0 Å². The maximum atomic E-state index is 10.8. The fourth-order valence-electron chi connectivity index (χ4n) is 0.571. The van der Waals surface area contributed by atoms with Crippen LogP contribution >= 0.6 is 11.3 Å². The Hall–Kier alpha value is -1.43. The van der Waals surface area contributed by atoms with Crippen molar-refractivity contribution in [1.82, 2.24) is 0 Å². The molecule has 0 amide bonds. The minimum atomic E-state index is -0.608. The summed E-state index contributed by atoms with van der Waals surface area (Å²) in [7, 11) is 1.21. The molecule has 0 saturated heterocycles. The van der Waals surface area contributed by atoms with Gasteiger partial charge in [0, 0.05) is 0 Å².